The van der Waals surface area contributed by atoms with Crippen LogP contribution in [0.3, 0.4) is 0 Å². The van der Waals surface area contributed by atoms with Gasteiger partial charge in [0.25, 0.3) is 5.91 Å². The minimum atomic E-state index is -0.101. The number of benzene rings is 2. The number of rotatable bonds is 2. The quantitative estimate of drug-likeness (QED) is 0.887. The molecule has 2 aromatic carbocycles. The molecule has 1 heterocycles. The van der Waals surface area contributed by atoms with Gasteiger partial charge in [0.1, 0.15) is 6.17 Å². The molecule has 1 amide bonds. The predicted octanol–water partition coefficient (Wildman–Crippen LogP) is 4.18. The van der Waals surface area contributed by atoms with Gasteiger partial charge in [0.15, 0.2) is 0 Å². The van der Waals surface area contributed by atoms with Crippen LogP contribution in [0.4, 0.5) is 5.69 Å². The number of hydrogen-bond acceptors (Lipinski definition) is 2. The molecule has 4 heteroatoms. The molecule has 0 saturated heterocycles. The van der Waals surface area contributed by atoms with Crippen molar-refractivity contribution in [2.24, 2.45) is 0 Å². The van der Waals surface area contributed by atoms with Gasteiger partial charge in [-0.3, -0.25) is 4.79 Å². The molecule has 0 radical (unpaired) electrons. The van der Waals surface area contributed by atoms with Crippen LogP contribution in [-0.4, -0.2) is 16.8 Å². The highest BCUT2D eigenvalue weighted by molar-refractivity contribution is 9.10. The van der Waals surface area contributed by atoms with E-state index in [2.05, 4.69) is 27.3 Å². The second kappa shape index (κ2) is 4.88. The van der Waals surface area contributed by atoms with Crippen LogP contribution >= 0.6 is 15.9 Å². The van der Waals surface area contributed by atoms with Crippen LogP contribution in [0.1, 0.15) is 34.9 Å². The molecule has 0 unspecified atom stereocenters. The third kappa shape index (κ3) is 2.14. The molecule has 1 aliphatic heterocycles. The Bertz CT molecular complexity index is 711. The van der Waals surface area contributed by atoms with Crippen LogP contribution in [0.15, 0.2) is 53.0 Å². The van der Waals surface area contributed by atoms with Crippen LogP contribution < -0.4 is 5.32 Å². The van der Waals surface area contributed by atoms with Gasteiger partial charge >= 0.3 is 0 Å². The number of carbonyl (C=O) groups excluding carboxylic acids is 1. The molecule has 1 aliphatic carbocycles. The Morgan fingerprint density at radius 3 is 2.52 bits per heavy atom. The largest absolute Gasteiger partial charge is 0.361 e. The monoisotopic (exact) mass is 342 g/mol. The van der Waals surface area contributed by atoms with Crippen LogP contribution in [0.5, 0.6) is 0 Å². The van der Waals surface area contributed by atoms with Crippen molar-refractivity contribution in [3.05, 3.63) is 64.1 Å². The number of amides is 1. The minimum Gasteiger partial charge on any atom is -0.361 e. The predicted molar refractivity (Wildman–Crippen MR) is 86.1 cm³/mol. The number of anilines is 1. The van der Waals surface area contributed by atoms with Gasteiger partial charge in [-0.05, 0) is 31.0 Å². The van der Waals surface area contributed by atoms with E-state index in [9.17, 15) is 4.79 Å². The molecule has 0 bridgehead atoms. The average molecular weight is 343 g/mol. The van der Waals surface area contributed by atoms with Crippen molar-refractivity contribution in [3.63, 3.8) is 0 Å². The lowest BCUT2D eigenvalue weighted by Crippen LogP contribution is -2.44. The highest BCUT2D eigenvalue weighted by Crippen LogP contribution is 2.42. The third-order valence-corrected chi connectivity index (χ3v) is 4.82. The minimum absolute atomic E-state index is 0.101. The fraction of sp³-hybridized carbons (Fsp3) is 0.235. The van der Waals surface area contributed by atoms with Crippen molar-refractivity contribution in [2.75, 3.05) is 5.32 Å². The first-order chi connectivity index (χ1) is 10.3. The Hall–Kier alpha value is -1.81. The number of nitrogens with one attached hydrogen (secondary N) is 1. The summed E-state index contributed by atoms with van der Waals surface area (Å²) in [4.78, 5) is 14.9. The number of nitrogens with zero attached hydrogens (tertiary/aromatic N) is 1. The lowest BCUT2D eigenvalue weighted by molar-refractivity contribution is 0.0666. The van der Waals surface area contributed by atoms with Crippen LogP contribution in [0.25, 0.3) is 0 Å². The fourth-order valence-corrected chi connectivity index (χ4v) is 3.42. The second-order valence-electron chi connectivity index (χ2n) is 5.56. The third-order valence-electron chi connectivity index (χ3n) is 4.10. The van der Waals surface area contributed by atoms with Crippen LogP contribution in [-0.2, 0) is 0 Å². The van der Waals surface area contributed by atoms with Crippen molar-refractivity contribution in [1.82, 2.24) is 4.90 Å². The number of fused-ring (bicyclic) bond motifs is 1. The molecular formula is C17H15BrN2O. The molecular weight excluding hydrogens is 328 g/mol. The average Bonchev–Trinajstić information content (AvgIpc) is 3.32. The van der Waals surface area contributed by atoms with Gasteiger partial charge in [0.2, 0.25) is 0 Å². The van der Waals surface area contributed by atoms with Crippen LogP contribution in [0, 0.1) is 0 Å². The molecule has 0 aromatic heterocycles. The maximum absolute atomic E-state index is 12.9. The highest BCUT2D eigenvalue weighted by Gasteiger charge is 2.42. The normalized spacial score (nSPS) is 20.9. The lowest BCUT2D eigenvalue weighted by Gasteiger charge is -2.38. The van der Waals surface area contributed by atoms with E-state index in [4.69, 9.17) is 0 Å². The zero-order valence-corrected chi connectivity index (χ0v) is 13.0. The van der Waals surface area contributed by atoms with Gasteiger partial charge in [0, 0.05) is 21.8 Å². The molecule has 2 aliphatic rings. The summed E-state index contributed by atoms with van der Waals surface area (Å²) in [7, 11) is 0. The zero-order valence-electron chi connectivity index (χ0n) is 11.4. The Kier molecular flexibility index (Phi) is 3.00. The molecule has 4 rings (SSSR count). The van der Waals surface area contributed by atoms with Crippen molar-refractivity contribution in [1.29, 1.82) is 0 Å². The summed E-state index contributed by atoms with van der Waals surface area (Å²) in [6, 6.07) is 16.2. The fourth-order valence-electron chi connectivity index (χ4n) is 2.92. The first-order valence-corrected chi connectivity index (χ1v) is 7.97. The maximum Gasteiger partial charge on any atom is 0.258 e. The molecule has 1 atom stereocenters. The van der Waals surface area contributed by atoms with Gasteiger partial charge < -0.3 is 10.2 Å². The van der Waals surface area contributed by atoms with Crippen molar-refractivity contribution < 1.29 is 4.79 Å². The second-order valence-corrected chi connectivity index (χ2v) is 6.41. The molecule has 1 saturated carbocycles. The molecule has 3 nitrogen and oxygen atoms in total. The van der Waals surface area contributed by atoms with E-state index < -0.39 is 0 Å². The molecule has 0 spiro atoms. The maximum atomic E-state index is 12.9. The summed E-state index contributed by atoms with van der Waals surface area (Å²) in [6.45, 7) is 0. The first kappa shape index (κ1) is 12.9. The zero-order chi connectivity index (χ0) is 14.4. The van der Waals surface area contributed by atoms with Crippen LogP contribution in [0.2, 0.25) is 0 Å². The Morgan fingerprint density at radius 2 is 1.76 bits per heavy atom. The highest BCUT2D eigenvalue weighted by atomic mass is 79.9. The lowest BCUT2D eigenvalue weighted by atomic mass is 10.0. The van der Waals surface area contributed by atoms with E-state index in [1.807, 2.05) is 47.4 Å². The SMILES string of the molecule is O=C1c2ccccc2N[C@H](c2ccccc2Br)N1C1CC1. The summed E-state index contributed by atoms with van der Waals surface area (Å²) in [5, 5.41) is 3.53. The van der Waals surface area contributed by atoms with Gasteiger partial charge in [-0.15, -0.1) is 0 Å². The Balaban J connectivity index is 1.83. The number of carbonyl (C=O) groups is 1. The summed E-state index contributed by atoms with van der Waals surface area (Å²) >= 11 is 3.61. The molecule has 1 N–H and O–H groups in total. The smallest absolute Gasteiger partial charge is 0.258 e. The van der Waals surface area contributed by atoms with E-state index in [1.54, 1.807) is 0 Å². The molecule has 1 fully saturated rings. The molecule has 106 valence electrons. The van der Waals surface area contributed by atoms with E-state index >= 15 is 0 Å². The van der Waals surface area contributed by atoms with Gasteiger partial charge in [-0.25, -0.2) is 0 Å². The standard InChI is InChI=1S/C17H15BrN2O/c18-14-7-3-1-5-12(14)16-19-15-8-4-2-6-13(15)17(21)20(16)11-9-10-11/h1-8,11,16,19H,9-10H2/t16-/m0/s1. The van der Waals surface area contributed by atoms with E-state index in [0.29, 0.717) is 6.04 Å². The van der Waals surface area contributed by atoms with E-state index in [-0.39, 0.29) is 12.1 Å². The first-order valence-electron chi connectivity index (χ1n) is 7.18. The Labute approximate surface area is 132 Å². The molecule has 21 heavy (non-hydrogen) atoms. The van der Waals surface area contributed by atoms with Crippen molar-refractivity contribution in [2.45, 2.75) is 25.0 Å². The van der Waals surface area contributed by atoms with Gasteiger partial charge in [-0.1, -0.05) is 46.3 Å². The van der Waals surface area contributed by atoms with E-state index in [1.165, 1.54) is 0 Å². The number of para-hydroxylation sites is 1. The Morgan fingerprint density at radius 1 is 1.05 bits per heavy atom. The number of hydrogen-bond donors (Lipinski definition) is 1. The van der Waals surface area contributed by atoms with Crippen molar-refractivity contribution >= 4 is 27.5 Å². The number of halogens is 1. The van der Waals surface area contributed by atoms with Crippen molar-refractivity contribution in [3.8, 4) is 0 Å². The van der Waals surface area contributed by atoms with Gasteiger partial charge in [0.05, 0.1) is 5.56 Å². The van der Waals surface area contributed by atoms with E-state index in [0.717, 1.165) is 34.1 Å². The van der Waals surface area contributed by atoms with Gasteiger partial charge in [-0.2, -0.15) is 0 Å². The summed E-state index contributed by atoms with van der Waals surface area (Å²) < 4.78 is 1.03. The summed E-state index contributed by atoms with van der Waals surface area (Å²) in [5.74, 6) is 0.132. The summed E-state index contributed by atoms with van der Waals surface area (Å²) in [6.07, 6.45) is 2.09. The summed E-state index contributed by atoms with van der Waals surface area (Å²) in [5.41, 5.74) is 2.79. The topological polar surface area (TPSA) is 32.3 Å². The molecule has 2 aromatic rings.